The predicted octanol–water partition coefficient (Wildman–Crippen LogP) is 2.22. The minimum atomic E-state index is -0.892. The Morgan fingerprint density at radius 2 is 1.93 bits per heavy atom. The molecule has 0 atom stereocenters. The molecular formula is C19H23FN2O6S. The molecule has 2 rings (SSSR count). The van der Waals surface area contributed by atoms with Crippen molar-refractivity contribution in [3.05, 3.63) is 52.2 Å². The Bertz CT molecular complexity index is 968. The van der Waals surface area contributed by atoms with E-state index in [-0.39, 0.29) is 24.1 Å². The fourth-order valence-corrected chi connectivity index (χ4v) is 2.65. The van der Waals surface area contributed by atoms with Gasteiger partial charge in [0.1, 0.15) is 11.6 Å². The van der Waals surface area contributed by atoms with Gasteiger partial charge >= 0.3 is 11.6 Å². The van der Waals surface area contributed by atoms with Crippen molar-refractivity contribution < 1.29 is 27.5 Å². The summed E-state index contributed by atoms with van der Waals surface area (Å²) in [6.45, 7) is 5.26. The number of benzene rings is 1. The molecule has 0 fully saturated rings. The van der Waals surface area contributed by atoms with Crippen LogP contribution in [0.3, 0.4) is 0 Å². The second-order valence-electron chi connectivity index (χ2n) is 6.89. The highest BCUT2D eigenvalue weighted by Crippen LogP contribution is 2.27. The van der Waals surface area contributed by atoms with Crippen LogP contribution in [0.5, 0.6) is 5.75 Å². The fraction of sp³-hybridized carbons (Fsp3) is 0.368. The van der Waals surface area contributed by atoms with E-state index in [4.69, 9.17) is 18.4 Å². The normalized spacial score (nSPS) is 10.6. The van der Waals surface area contributed by atoms with Crippen molar-refractivity contribution in [3.8, 4) is 16.9 Å². The molecule has 158 valence electrons. The van der Waals surface area contributed by atoms with Crippen molar-refractivity contribution in [3.63, 3.8) is 0 Å². The van der Waals surface area contributed by atoms with Crippen molar-refractivity contribution >= 4 is 17.5 Å². The van der Waals surface area contributed by atoms with Crippen LogP contribution in [0.2, 0.25) is 0 Å². The molecular weight excluding hydrogens is 403 g/mol. The smallest absolute Gasteiger partial charge is 0.335 e. The summed E-state index contributed by atoms with van der Waals surface area (Å²) in [5.41, 5.74) is 1.98. The molecule has 29 heavy (non-hydrogen) atoms. The maximum atomic E-state index is 14.6. The molecule has 8 nitrogen and oxygen atoms in total. The van der Waals surface area contributed by atoms with Crippen LogP contribution in [0, 0.1) is 18.2 Å². The van der Waals surface area contributed by atoms with Gasteiger partial charge in [-0.25, -0.2) is 9.87 Å². The highest BCUT2D eigenvalue weighted by molar-refractivity contribution is 7.51. The summed E-state index contributed by atoms with van der Waals surface area (Å²) in [5, 5.41) is 8.75. The number of rotatable bonds is 6. The van der Waals surface area contributed by atoms with Gasteiger partial charge in [0.05, 0.1) is 7.11 Å². The second-order valence-corrected chi connectivity index (χ2v) is 7.03. The third-order valence-electron chi connectivity index (χ3n) is 4.48. The van der Waals surface area contributed by atoms with E-state index in [1.165, 1.54) is 10.6 Å². The van der Waals surface area contributed by atoms with E-state index in [9.17, 15) is 14.0 Å². The maximum absolute atomic E-state index is 14.6. The third kappa shape index (κ3) is 6.33. The summed E-state index contributed by atoms with van der Waals surface area (Å²) in [5.74, 6) is -0.401. The van der Waals surface area contributed by atoms with E-state index < -0.39 is 28.7 Å². The number of methoxy groups -OCH3 is 1. The Kier molecular flexibility index (Phi) is 8.86. The molecule has 0 aliphatic rings. The van der Waals surface area contributed by atoms with Crippen LogP contribution in [0.4, 0.5) is 4.39 Å². The molecule has 2 N–H and O–H groups in total. The number of aryl methyl sites for hydroxylation is 2. The van der Waals surface area contributed by atoms with Gasteiger partial charge in [0, 0.05) is 29.8 Å². The van der Waals surface area contributed by atoms with E-state index in [0.717, 1.165) is 11.8 Å². The standard InChI is InChI=1S/C19H23FN2O4.O2S/c1-12-9-13(5-6-16(12)26-4)14-10-17(23)22(11-15(14)20)8-7-19(2,3)18(24)21-25;1-3-2/h5-6,9-11,25H,7-8H2,1-4H3,(H,21,24);. The molecule has 0 aliphatic carbocycles. The van der Waals surface area contributed by atoms with Crippen LogP contribution in [-0.2, 0) is 22.9 Å². The maximum Gasteiger partial charge on any atom is 0.335 e. The molecule has 0 radical (unpaired) electrons. The van der Waals surface area contributed by atoms with E-state index in [0.29, 0.717) is 11.3 Å². The van der Waals surface area contributed by atoms with Crippen molar-refractivity contribution in [2.45, 2.75) is 33.7 Å². The number of hydrogen-bond acceptors (Lipinski definition) is 6. The predicted molar refractivity (Wildman–Crippen MR) is 105 cm³/mol. The second kappa shape index (κ2) is 10.6. The highest BCUT2D eigenvalue weighted by atomic mass is 32.1. The number of ether oxygens (including phenoxy) is 1. The SMILES string of the molecule is COc1ccc(-c2cc(=O)n(CCC(C)(C)C(=O)NO)cc2F)cc1C.O=S=O. The lowest BCUT2D eigenvalue weighted by Gasteiger charge is -2.22. The fourth-order valence-electron chi connectivity index (χ4n) is 2.65. The molecule has 0 saturated heterocycles. The first-order valence-corrected chi connectivity index (χ1v) is 9.19. The van der Waals surface area contributed by atoms with Gasteiger partial charge in [0.25, 0.3) is 5.56 Å². The minimum absolute atomic E-state index is 0.151. The van der Waals surface area contributed by atoms with Crippen LogP contribution < -0.4 is 15.8 Å². The van der Waals surface area contributed by atoms with Gasteiger partial charge < -0.3 is 9.30 Å². The molecule has 1 heterocycles. The molecule has 1 aromatic heterocycles. The number of aromatic nitrogens is 1. The number of pyridine rings is 1. The summed E-state index contributed by atoms with van der Waals surface area (Å²) in [6, 6.07) is 6.43. The zero-order chi connectivity index (χ0) is 22.2. The highest BCUT2D eigenvalue weighted by Gasteiger charge is 2.27. The number of halogens is 1. The van der Waals surface area contributed by atoms with Gasteiger partial charge in [-0.1, -0.05) is 19.9 Å². The van der Waals surface area contributed by atoms with Crippen LogP contribution in [-0.4, -0.2) is 31.2 Å². The number of nitrogens with zero attached hydrogens (tertiary/aromatic N) is 1. The molecule has 0 bridgehead atoms. The van der Waals surface area contributed by atoms with Gasteiger partial charge in [-0.2, -0.15) is 8.42 Å². The van der Waals surface area contributed by atoms with Gasteiger partial charge in [0.15, 0.2) is 0 Å². The van der Waals surface area contributed by atoms with Gasteiger partial charge in [-0.05, 0) is 36.6 Å². The largest absolute Gasteiger partial charge is 0.496 e. The summed E-state index contributed by atoms with van der Waals surface area (Å²) in [7, 11) is 1.56. The van der Waals surface area contributed by atoms with Crippen LogP contribution >= 0.6 is 0 Å². The number of carbonyl (C=O) groups excluding carboxylic acids is 1. The van der Waals surface area contributed by atoms with Gasteiger partial charge in [-0.15, -0.1) is 0 Å². The van der Waals surface area contributed by atoms with E-state index in [2.05, 4.69) is 0 Å². The van der Waals surface area contributed by atoms with E-state index >= 15 is 0 Å². The van der Waals surface area contributed by atoms with Crippen molar-refractivity contribution in [2.75, 3.05) is 7.11 Å². The van der Waals surface area contributed by atoms with E-state index in [1.807, 2.05) is 6.92 Å². The molecule has 2 aromatic rings. The summed E-state index contributed by atoms with van der Waals surface area (Å²) in [4.78, 5) is 23.9. The minimum Gasteiger partial charge on any atom is -0.496 e. The zero-order valence-corrected chi connectivity index (χ0v) is 17.3. The first kappa shape index (κ1) is 24.2. The van der Waals surface area contributed by atoms with Crippen LogP contribution in [0.1, 0.15) is 25.8 Å². The molecule has 0 aliphatic heterocycles. The molecule has 1 aromatic carbocycles. The number of carbonyl (C=O) groups is 1. The van der Waals surface area contributed by atoms with Gasteiger partial charge in [-0.3, -0.25) is 14.8 Å². The average molecular weight is 426 g/mol. The summed E-state index contributed by atoms with van der Waals surface area (Å²) in [6.07, 6.45) is 1.41. The Labute approximate surface area is 170 Å². The Hall–Kier alpha value is -2.85. The number of nitrogens with one attached hydrogen (secondary N) is 1. The van der Waals surface area contributed by atoms with Crippen LogP contribution in [0.15, 0.2) is 35.3 Å². The first-order chi connectivity index (χ1) is 13.6. The third-order valence-corrected chi connectivity index (χ3v) is 4.48. The quantitative estimate of drug-likeness (QED) is 0.541. The van der Waals surface area contributed by atoms with Crippen molar-refractivity contribution in [1.29, 1.82) is 0 Å². The topological polar surface area (TPSA) is 115 Å². The zero-order valence-electron chi connectivity index (χ0n) is 16.5. The number of amides is 1. The Morgan fingerprint density at radius 1 is 1.31 bits per heavy atom. The number of hydrogen-bond donors (Lipinski definition) is 2. The average Bonchev–Trinajstić information content (AvgIpc) is 2.68. The monoisotopic (exact) mass is 426 g/mol. The molecule has 0 saturated carbocycles. The summed E-state index contributed by atoms with van der Waals surface area (Å²) >= 11 is -0.750. The first-order valence-electron chi connectivity index (χ1n) is 8.52. The number of hydroxylamine groups is 1. The lowest BCUT2D eigenvalue weighted by atomic mass is 9.88. The molecule has 1 amide bonds. The van der Waals surface area contributed by atoms with E-state index in [1.54, 1.807) is 44.6 Å². The Morgan fingerprint density at radius 3 is 2.45 bits per heavy atom. The van der Waals surface area contributed by atoms with Crippen LogP contribution in [0.25, 0.3) is 11.1 Å². The Balaban J connectivity index is 0.00000132. The van der Waals surface area contributed by atoms with Crippen molar-refractivity contribution in [2.24, 2.45) is 5.41 Å². The lowest BCUT2D eigenvalue weighted by molar-refractivity contribution is -0.138. The summed E-state index contributed by atoms with van der Waals surface area (Å²) < 4.78 is 37.6. The molecule has 10 heteroatoms. The lowest BCUT2D eigenvalue weighted by Crippen LogP contribution is -2.36. The van der Waals surface area contributed by atoms with Crippen molar-refractivity contribution in [1.82, 2.24) is 10.0 Å². The molecule has 0 unspecified atom stereocenters. The molecule has 0 spiro atoms. The van der Waals surface area contributed by atoms with Gasteiger partial charge in [0.2, 0.25) is 5.91 Å².